The number of likely N-dealkylation sites (tertiary alicyclic amines) is 1. The number of nitrogens with one attached hydrogen (secondary N) is 2. The molecular formula is C21H25N3O2. The van der Waals surface area contributed by atoms with E-state index in [9.17, 15) is 9.59 Å². The maximum atomic E-state index is 12.5. The Morgan fingerprint density at radius 1 is 1.12 bits per heavy atom. The van der Waals surface area contributed by atoms with E-state index in [0.717, 1.165) is 30.5 Å². The van der Waals surface area contributed by atoms with Gasteiger partial charge in [-0.2, -0.15) is 0 Å². The van der Waals surface area contributed by atoms with Crippen molar-refractivity contribution in [3.05, 3.63) is 71.3 Å². The molecule has 1 saturated heterocycles. The Hall–Kier alpha value is -2.82. The molecule has 0 radical (unpaired) electrons. The first kappa shape index (κ1) is 18.0. The highest BCUT2D eigenvalue weighted by Gasteiger charge is 2.24. The Labute approximate surface area is 154 Å². The summed E-state index contributed by atoms with van der Waals surface area (Å²) in [5.74, 6) is 0.192. The summed E-state index contributed by atoms with van der Waals surface area (Å²) in [4.78, 5) is 26.2. The Morgan fingerprint density at radius 2 is 1.92 bits per heavy atom. The first-order valence-corrected chi connectivity index (χ1v) is 9.06. The second-order valence-electron chi connectivity index (χ2n) is 6.63. The van der Waals surface area contributed by atoms with Crippen molar-refractivity contribution in [3.63, 3.8) is 0 Å². The van der Waals surface area contributed by atoms with Gasteiger partial charge >= 0.3 is 6.03 Å². The van der Waals surface area contributed by atoms with E-state index in [0.29, 0.717) is 18.7 Å². The third-order valence-corrected chi connectivity index (χ3v) is 4.84. The van der Waals surface area contributed by atoms with Crippen molar-refractivity contribution in [1.82, 2.24) is 15.5 Å². The highest BCUT2D eigenvalue weighted by molar-refractivity contribution is 5.94. The second-order valence-corrected chi connectivity index (χ2v) is 6.63. The summed E-state index contributed by atoms with van der Waals surface area (Å²) in [5.41, 5.74) is 2.85. The summed E-state index contributed by atoms with van der Waals surface area (Å²) in [7, 11) is 1.66. The van der Waals surface area contributed by atoms with E-state index < -0.39 is 0 Å². The zero-order chi connectivity index (χ0) is 18.4. The molecule has 26 heavy (non-hydrogen) atoms. The summed E-state index contributed by atoms with van der Waals surface area (Å²) in [5, 5.41) is 5.66. The molecule has 2 aromatic carbocycles. The smallest absolute Gasteiger partial charge is 0.317 e. The third-order valence-electron chi connectivity index (χ3n) is 4.84. The molecule has 0 unspecified atom stereocenters. The van der Waals surface area contributed by atoms with Crippen LogP contribution in [0.5, 0.6) is 0 Å². The van der Waals surface area contributed by atoms with Crippen LogP contribution in [0.25, 0.3) is 0 Å². The second kappa shape index (κ2) is 8.52. The SMILES string of the molecule is CNC(=O)N1CCC[C@H](c2cccc(C(=O)NCc3ccccc3)c2)C1. The number of hydrogen-bond acceptors (Lipinski definition) is 2. The number of piperidine rings is 1. The van der Waals surface area contributed by atoms with Crippen molar-refractivity contribution in [2.45, 2.75) is 25.3 Å². The van der Waals surface area contributed by atoms with E-state index in [1.165, 1.54) is 0 Å². The van der Waals surface area contributed by atoms with Crippen molar-refractivity contribution in [2.75, 3.05) is 20.1 Å². The minimum atomic E-state index is -0.0744. The van der Waals surface area contributed by atoms with Crippen LogP contribution in [-0.2, 0) is 6.54 Å². The molecular weight excluding hydrogens is 326 g/mol. The van der Waals surface area contributed by atoms with Crippen LogP contribution in [0.1, 0.15) is 40.2 Å². The van der Waals surface area contributed by atoms with E-state index >= 15 is 0 Å². The van der Waals surface area contributed by atoms with Crippen LogP contribution < -0.4 is 10.6 Å². The van der Waals surface area contributed by atoms with Crippen LogP contribution in [0.2, 0.25) is 0 Å². The predicted molar refractivity (Wildman–Crippen MR) is 102 cm³/mol. The number of carbonyl (C=O) groups excluding carboxylic acids is 2. The van der Waals surface area contributed by atoms with Gasteiger partial charge in [0.2, 0.25) is 0 Å². The third kappa shape index (κ3) is 4.42. The van der Waals surface area contributed by atoms with Crippen molar-refractivity contribution in [2.24, 2.45) is 0 Å². The molecule has 0 aromatic heterocycles. The summed E-state index contributed by atoms with van der Waals surface area (Å²) < 4.78 is 0. The van der Waals surface area contributed by atoms with Gasteiger partial charge in [-0.25, -0.2) is 4.79 Å². The summed E-state index contributed by atoms with van der Waals surface area (Å²) in [6.07, 6.45) is 2.01. The molecule has 1 atom stereocenters. The van der Waals surface area contributed by atoms with Crippen LogP contribution in [0.15, 0.2) is 54.6 Å². The van der Waals surface area contributed by atoms with E-state index in [2.05, 4.69) is 10.6 Å². The Morgan fingerprint density at radius 3 is 2.69 bits per heavy atom. The number of urea groups is 1. The lowest BCUT2D eigenvalue weighted by Gasteiger charge is -2.32. The fraction of sp³-hybridized carbons (Fsp3) is 0.333. The van der Waals surface area contributed by atoms with Crippen LogP contribution in [0.3, 0.4) is 0 Å². The van der Waals surface area contributed by atoms with Crippen molar-refractivity contribution >= 4 is 11.9 Å². The minimum absolute atomic E-state index is 0.0357. The molecule has 136 valence electrons. The maximum Gasteiger partial charge on any atom is 0.317 e. The van der Waals surface area contributed by atoms with Crippen LogP contribution >= 0.6 is 0 Å². The zero-order valence-corrected chi connectivity index (χ0v) is 15.1. The highest BCUT2D eigenvalue weighted by atomic mass is 16.2. The largest absolute Gasteiger partial charge is 0.348 e. The molecule has 5 heteroatoms. The van der Waals surface area contributed by atoms with Gasteiger partial charge in [0.05, 0.1) is 0 Å². The van der Waals surface area contributed by atoms with Gasteiger partial charge in [-0.15, -0.1) is 0 Å². The number of nitrogens with zero attached hydrogens (tertiary/aromatic N) is 1. The van der Waals surface area contributed by atoms with Gasteiger partial charge in [-0.05, 0) is 36.1 Å². The van der Waals surface area contributed by atoms with Gasteiger partial charge in [-0.1, -0.05) is 42.5 Å². The Bertz CT molecular complexity index is 761. The highest BCUT2D eigenvalue weighted by Crippen LogP contribution is 2.27. The van der Waals surface area contributed by atoms with E-state index in [-0.39, 0.29) is 17.9 Å². The fourth-order valence-corrected chi connectivity index (χ4v) is 3.41. The van der Waals surface area contributed by atoms with E-state index in [4.69, 9.17) is 0 Å². The van der Waals surface area contributed by atoms with Gasteiger partial charge in [0.25, 0.3) is 5.91 Å². The molecule has 1 aliphatic rings. The zero-order valence-electron chi connectivity index (χ0n) is 15.1. The van der Waals surface area contributed by atoms with Crippen LogP contribution in [0, 0.1) is 0 Å². The van der Waals surface area contributed by atoms with Gasteiger partial charge in [0.15, 0.2) is 0 Å². The quantitative estimate of drug-likeness (QED) is 0.889. The van der Waals surface area contributed by atoms with Gasteiger partial charge < -0.3 is 15.5 Å². The molecule has 0 bridgehead atoms. The van der Waals surface area contributed by atoms with E-state index in [1.807, 2.05) is 59.5 Å². The molecule has 0 spiro atoms. The summed E-state index contributed by atoms with van der Waals surface area (Å²) in [6.45, 7) is 1.99. The lowest BCUT2D eigenvalue weighted by molar-refractivity contribution is 0.0950. The van der Waals surface area contributed by atoms with Gasteiger partial charge in [-0.3, -0.25) is 4.79 Å². The fourth-order valence-electron chi connectivity index (χ4n) is 3.41. The molecule has 1 aliphatic heterocycles. The lowest BCUT2D eigenvalue weighted by Crippen LogP contribution is -2.43. The number of hydrogen-bond donors (Lipinski definition) is 2. The topological polar surface area (TPSA) is 61.4 Å². The molecule has 0 saturated carbocycles. The van der Waals surface area contributed by atoms with Gasteiger partial charge in [0.1, 0.15) is 0 Å². The summed E-state index contributed by atoms with van der Waals surface area (Å²) >= 11 is 0. The monoisotopic (exact) mass is 351 g/mol. The molecule has 1 heterocycles. The van der Waals surface area contributed by atoms with E-state index in [1.54, 1.807) is 7.05 Å². The van der Waals surface area contributed by atoms with Crippen molar-refractivity contribution < 1.29 is 9.59 Å². The number of amides is 3. The normalized spacial score (nSPS) is 16.8. The maximum absolute atomic E-state index is 12.5. The standard InChI is InChI=1S/C21H25N3O2/c1-22-21(26)24-12-6-11-19(15-24)17-9-5-10-18(13-17)20(25)23-14-16-7-3-2-4-8-16/h2-5,7-10,13,19H,6,11-12,14-15H2,1H3,(H,22,26)(H,23,25)/t19-/m0/s1. The molecule has 0 aliphatic carbocycles. The predicted octanol–water partition coefficient (Wildman–Crippen LogP) is 3.14. The Kier molecular flexibility index (Phi) is 5.89. The van der Waals surface area contributed by atoms with Crippen molar-refractivity contribution in [3.8, 4) is 0 Å². The average Bonchev–Trinajstić information content (AvgIpc) is 2.72. The molecule has 3 rings (SSSR count). The first-order chi connectivity index (χ1) is 12.7. The molecule has 1 fully saturated rings. The molecule has 3 amide bonds. The first-order valence-electron chi connectivity index (χ1n) is 9.06. The summed E-state index contributed by atoms with van der Waals surface area (Å²) in [6, 6.07) is 17.6. The molecule has 2 aromatic rings. The van der Waals surface area contributed by atoms with Crippen LogP contribution in [-0.4, -0.2) is 37.0 Å². The molecule has 5 nitrogen and oxygen atoms in total. The van der Waals surface area contributed by atoms with Crippen LogP contribution in [0.4, 0.5) is 4.79 Å². The number of carbonyl (C=O) groups is 2. The minimum Gasteiger partial charge on any atom is -0.348 e. The number of rotatable bonds is 4. The average molecular weight is 351 g/mol. The lowest BCUT2D eigenvalue weighted by atomic mass is 9.89. The Balaban J connectivity index is 1.65. The number of benzene rings is 2. The van der Waals surface area contributed by atoms with Crippen molar-refractivity contribution in [1.29, 1.82) is 0 Å². The van der Waals surface area contributed by atoms with Gasteiger partial charge in [0, 0.05) is 38.2 Å². The molecule has 2 N–H and O–H groups in total.